The lowest BCUT2D eigenvalue weighted by atomic mass is 10.1. The third-order valence-corrected chi connectivity index (χ3v) is 4.30. The van der Waals surface area contributed by atoms with Crippen LogP contribution in [-0.2, 0) is 6.54 Å². The van der Waals surface area contributed by atoms with Crippen LogP contribution in [0, 0.1) is 6.92 Å². The van der Waals surface area contributed by atoms with Crippen molar-refractivity contribution in [3.05, 3.63) is 58.4 Å². The summed E-state index contributed by atoms with van der Waals surface area (Å²) in [5, 5.41) is 5.85. The number of hydrogen-bond acceptors (Lipinski definition) is 3. The summed E-state index contributed by atoms with van der Waals surface area (Å²) >= 11 is 6.03. The first-order valence-corrected chi connectivity index (χ1v) is 8.59. The topological polar surface area (TPSA) is 51.0 Å². The number of fused-ring (bicyclic) bond motifs is 1. The van der Waals surface area contributed by atoms with Gasteiger partial charge in [0.2, 0.25) is 0 Å². The van der Waals surface area contributed by atoms with Crippen LogP contribution in [0.15, 0.2) is 36.5 Å². The molecule has 3 rings (SSSR count). The van der Waals surface area contributed by atoms with Gasteiger partial charge in [0.15, 0.2) is 5.65 Å². The fourth-order valence-electron chi connectivity index (χ4n) is 2.88. The summed E-state index contributed by atoms with van der Waals surface area (Å²) in [4.78, 5) is 19.3. The summed E-state index contributed by atoms with van der Waals surface area (Å²) in [7, 11) is 1.79. The number of amides is 1. The average Bonchev–Trinajstić information content (AvgIpc) is 2.97. The van der Waals surface area contributed by atoms with Gasteiger partial charge in [0, 0.05) is 30.4 Å². The first kappa shape index (κ1) is 17.4. The highest BCUT2D eigenvalue weighted by Gasteiger charge is 2.19. The van der Waals surface area contributed by atoms with E-state index in [1.165, 1.54) is 0 Å². The van der Waals surface area contributed by atoms with Gasteiger partial charge in [-0.05, 0) is 44.5 Å². The smallest absolute Gasteiger partial charge is 0.254 e. The molecule has 0 radical (unpaired) electrons. The minimum absolute atomic E-state index is 0.0567. The SMILES string of the molecule is Cc1cc(C(=O)N(C)Cc2cccc(Cl)c2)c2cnn(C(C)C)c2n1. The molecule has 0 aliphatic heterocycles. The van der Waals surface area contributed by atoms with Crippen molar-refractivity contribution in [2.24, 2.45) is 0 Å². The lowest BCUT2D eigenvalue weighted by Crippen LogP contribution is -2.26. The van der Waals surface area contributed by atoms with Crippen molar-refractivity contribution in [3.63, 3.8) is 0 Å². The molecule has 0 bridgehead atoms. The molecular formula is C19H21ClN4O. The van der Waals surface area contributed by atoms with Crippen molar-refractivity contribution >= 4 is 28.5 Å². The molecule has 2 aromatic heterocycles. The summed E-state index contributed by atoms with van der Waals surface area (Å²) in [6.07, 6.45) is 1.72. The Kier molecular flexibility index (Phi) is 4.77. The van der Waals surface area contributed by atoms with E-state index in [-0.39, 0.29) is 11.9 Å². The monoisotopic (exact) mass is 356 g/mol. The van der Waals surface area contributed by atoms with Crippen molar-refractivity contribution in [2.45, 2.75) is 33.4 Å². The van der Waals surface area contributed by atoms with E-state index in [1.807, 2.05) is 55.8 Å². The Morgan fingerprint density at radius 2 is 2.08 bits per heavy atom. The molecule has 0 aliphatic rings. The van der Waals surface area contributed by atoms with Crippen LogP contribution in [0.25, 0.3) is 11.0 Å². The van der Waals surface area contributed by atoms with Crippen LogP contribution in [0.1, 0.15) is 41.5 Å². The Morgan fingerprint density at radius 3 is 2.76 bits per heavy atom. The van der Waals surface area contributed by atoms with E-state index in [1.54, 1.807) is 18.1 Å². The van der Waals surface area contributed by atoms with Gasteiger partial charge in [0.05, 0.1) is 17.1 Å². The molecule has 6 heteroatoms. The number of carbonyl (C=O) groups excluding carboxylic acids is 1. The second-order valence-electron chi connectivity index (χ2n) is 6.52. The Labute approximate surface area is 152 Å². The van der Waals surface area contributed by atoms with Gasteiger partial charge in [-0.3, -0.25) is 4.79 Å². The second-order valence-corrected chi connectivity index (χ2v) is 6.96. The zero-order valence-corrected chi connectivity index (χ0v) is 15.6. The van der Waals surface area contributed by atoms with Crippen LogP contribution in [0.4, 0.5) is 0 Å². The quantitative estimate of drug-likeness (QED) is 0.702. The van der Waals surface area contributed by atoms with Gasteiger partial charge in [-0.1, -0.05) is 23.7 Å². The highest BCUT2D eigenvalue weighted by atomic mass is 35.5. The number of benzene rings is 1. The Morgan fingerprint density at radius 1 is 1.32 bits per heavy atom. The Hall–Kier alpha value is -2.40. The molecule has 1 aromatic carbocycles. The molecule has 0 atom stereocenters. The molecular weight excluding hydrogens is 336 g/mol. The lowest BCUT2D eigenvalue weighted by Gasteiger charge is -2.18. The van der Waals surface area contributed by atoms with E-state index in [9.17, 15) is 4.79 Å². The molecule has 0 N–H and O–H groups in total. The van der Waals surface area contributed by atoms with E-state index in [0.29, 0.717) is 17.1 Å². The Balaban J connectivity index is 1.96. The standard InChI is InChI=1S/C19H21ClN4O/c1-12(2)24-18-17(10-21-24)16(8-13(3)22-18)19(25)23(4)11-14-6-5-7-15(20)9-14/h5-10,12H,11H2,1-4H3. The molecule has 1 amide bonds. The number of halogens is 1. The summed E-state index contributed by atoms with van der Waals surface area (Å²) in [6.45, 7) is 6.47. The van der Waals surface area contributed by atoms with Crippen molar-refractivity contribution in [2.75, 3.05) is 7.05 Å². The average molecular weight is 357 g/mol. The summed E-state index contributed by atoms with van der Waals surface area (Å²) in [6, 6.07) is 9.54. The zero-order chi connectivity index (χ0) is 18.1. The van der Waals surface area contributed by atoms with Crippen molar-refractivity contribution < 1.29 is 4.79 Å². The number of carbonyl (C=O) groups is 1. The molecule has 0 saturated heterocycles. The summed E-state index contributed by atoms with van der Waals surface area (Å²) in [5.41, 5.74) is 3.16. The minimum Gasteiger partial charge on any atom is -0.337 e. The van der Waals surface area contributed by atoms with Crippen LogP contribution in [0.3, 0.4) is 0 Å². The van der Waals surface area contributed by atoms with E-state index < -0.39 is 0 Å². The third-order valence-electron chi connectivity index (χ3n) is 4.07. The zero-order valence-electron chi connectivity index (χ0n) is 14.8. The van der Waals surface area contributed by atoms with Gasteiger partial charge in [-0.25, -0.2) is 9.67 Å². The van der Waals surface area contributed by atoms with Gasteiger partial charge < -0.3 is 4.90 Å². The maximum atomic E-state index is 13.0. The maximum absolute atomic E-state index is 13.0. The summed E-state index contributed by atoms with van der Waals surface area (Å²) < 4.78 is 1.84. The number of hydrogen-bond donors (Lipinski definition) is 0. The second kappa shape index (κ2) is 6.84. The fraction of sp³-hybridized carbons (Fsp3) is 0.316. The van der Waals surface area contributed by atoms with Crippen LogP contribution in [-0.4, -0.2) is 32.6 Å². The lowest BCUT2D eigenvalue weighted by molar-refractivity contribution is 0.0787. The van der Waals surface area contributed by atoms with E-state index in [4.69, 9.17) is 11.6 Å². The van der Waals surface area contributed by atoms with Gasteiger partial charge in [0.25, 0.3) is 5.91 Å². The third kappa shape index (κ3) is 3.51. The number of aromatic nitrogens is 3. The van der Waals surface area contributed by atoms with Crippen molar-refractivity contribution in [1.29, 1.82) is 0 Å². The number of pyridine rings is 1. The highest BCUT2D eigenvalue weighted by Crippen LogP contribution is 2.23. The van der Waals surface area contributed by atoms with Crippen molar-refractivity contribution in [1.82, 2.24) is 19.7 Å². The van der Waals surface area contributed by atoms with Gasteiger partial charge in [0.1, 0.15) is 0 Å². The predicted octanol–water partition coefficient (Wildman–Crippen LogP) is 4.25. The first-order chi connectivity index (χ1) is 11.9. The molecule has 0 saturated carbocycles. The number of aryl methyl sites for hydroxylation is 1. The number of nitrogens with zero attached hydrogens (tertiary/aromatic N) is 4. The highest BCUT2D eigenvalue weighted by molar-refractivity contribution is 6.30. The molecule has 0 fully saturated rings. The van der Waals surface area contributed by atoms with Gasteiger partial charge >= 0.3 is 0 Å². The molecule has 2 heterocycles. The van der Waals surface area contributed by atoms with Gasteiger partial charge in [-0.2, -0.15) is 5.10 Å². The van der Waals surface area contributed by atoms with E-state index in [0.717, 1.165) is 22.3 Å². The Bertz CT molecular complexity index is 932. The fourth-order valence-corrected chi connectivity index (χ4v) is 3.10. The van der Waals surface area contributed by atoms with Gasteiger partial charge in [-0.15, -0.1) is 0 Å². The molecule has 0 aliphatic carbocycles. The largest absolute Gasteiger partial charge is 0.337 e. The number of rotatable bonds is 4. The van der Waals surface area contributed by atoms with Crippen LogP contribution in [0.2, 0.25) is 5.02 Å². The van der Waals surface area contributed by atoms with Crippen molar-refractivity contribution in [3.8, 4) is 0 Å². The first-order valence-electron chi connectivity index (χ1n) is 8.21. The maximum Gasteiger partial charge on any atom is 0.254 e. The normalized spacial score (nSPS) is 11.3. The van der Waals surface area contributed by atoms with Crippen LogP contribution < -0.4 is 0 Å². The molecule has 3 aromatic rings. The van der Waals surface area contributed by atoms with Crippen LogP contribution in [0.5, 0.6) is 0 Å². The van der Waals surface area contributed by atoms with E-state index >= 15 is 0 Å². The molecule has 0 spiro atoms. The molecule has 0 unspecified atom stereocenters. The molecule has 130 valence electrons. The predicted molar refractivity (Wildman–Crippen MR) is 99.9 cm³/mol. The molecule has 5 nitrogen and oxygen atoms in total. The molecule has 25 heavy (non-hydrogen) atoms. The van der Waals surface area contributed by atoms with E-state index in [2.05, 4.69) is 10.1 Å². The summed E-state index contributed by atoms with van der Waals surface area (Å²) in [5.74, 6) is -0.0567. The minimum atomic E-state index is -0.0567. The van der Waals surface area contributed by atoms with Crippen LogP contribution >= 0.6 is 11.6 Å².